The number of Topliss-reactive ketones (excluding diaryl/α,β-unsaturated/α-hetero) is 2. The molecular formula is C24H27Cl2N3O9. The molecule has 0 saturated heterocycles. The molecule has 0 aliphatic heterocycles. The van der Waals surface area contributed by atoms with Crippen LogP contribution in [0.5, 0.6) is 5.75 Å². The van der Waals surface area contributed by atoms with Gasteiger partial charge in [-0.15, -0.1) is 24.0 Å². The van der Waals surface area contributed by atoms with Crippen molar-refractivity contribution in [3.63, 3.8) is 0 Å². The van der Waals surface area contributed by atoms with Gasteiger partial charge in [-0.05, 0) is 31.6 Å². The van der Waals surface area contributed by atoms with Crippen LogP contribution in [-0.2, 0) is 19.2 Å². The Morgan fingerprint density at radius 3 is 2.32 bits per heavy atom. The van der Waals surface area contributed by atoms with Crippen molar-refractivity contribution in [3.05, 3.63) is 40.2 Å². The van der Waals surface area contributed by atoms with Gasteiger partial charge in [0.05, 0.1) is 29.3 Å². The number of likely N-dealkylation sites (N-methyl/N-ethyl adjacent to an activating group) is 1. The van der Waals surface area contributed by atoms with E-state index in [1.54, 1.807) is 6.92 Å². The highest BCUT2D eigenvalue weighted by Gasteiger charge is 2.68. The van der Waals surface area contributed by atoms with Crippen LogP contribution in [0, 0.1) is 11.8 Å². The molecule has 14 heteroatoms. The number of carbonyl (C=O) groups excluding carboxylic acids is 4. The number of halogens is 2. The lowest BCUT2D eigenvalue weighted by Gasteiger charge is -2.53. The van der Waals surface area contributed by atoms with Gasteiger partial charge in [0.2, 0.25) is 11.7 Å². The quantitative estimate of drug-likeness (QED) is 0.147. The normalized spacial score (nSPS) is 30.3. The summed E-state index contributed by atoms with van der Waals surface area (Å²) < 4.78 is 0. The molecule has 0 bridgehead atoms. The molecule has 2 amide bonds. The van der Waals surface area contributed by atoms with E-state index in [1.165, 1.54) is 31.1 Å². The third kappa shape index (κ3) is 3.78. The summed E-state index contributed by atoms with van der Waals surface area (Å²) in [6.07, 6.45) is -1.69. The zero-order valence-corrected chi connectivity index (χ0v) is 22.0. The van der Waals surface area contributed by atoms with Crippen LogP contribution in [0.1, 0.15) is 24.0 Å². The van der Waals surface area contributed by atoms with Crippen LogP contribution in [0.25, 0.3) is 5.76 Å². The van der Waals surface area contributed by atoms with Crippen molar-refractivity contribution >= 4 is 58.8 Å². The van der Waals surface area contributed by atoms with Gasteiger partial charge >= 0.3 is 0 Å². The molecule has 206 valence electrons. The summed E-state index contributed by atoms with van der Waals surface area (Å²) in [5.74, 6) is -11.0. The first-order chi connectivity index (χ1) is 17.2. The minimum absolute atomic E-state index is 0. The first-order valence-corrected chi connectivity index (χ1v) is 11.8. The second-order valence-corrected chi connectivity index (χ2v) is 9.92. The van der Waals surface area contributed by atoms with E-state index in [4.69, 9.17) is 17.3 Å². The molecule has 1 aromatic rings. The van der Waals surface area contributed by atoms with E-state index in [9.17, 15) is 44.7 Å². The Balaban J connectivity index is 0.00000400. The van der Waals surface area contributed by atoms with Crippen LogP contribution in [0.3, 0.4) is 0 Å². The minimum Gasteiger partial charge on any atom is -0.508 e. The molecule has 12 nitrogen and oxygen atoms in total. The second-order valence-electron chi connectivity index (χ2n) is 9.66. The molecule has 0 radical (unpaired) electrons. The number of aliphatic hydroxyl groups excluding tert-OH is 3. The van der Waals surface area contributed by atoms with Crippen molar-refractivity contribution in [1.29, 1.82) is 0 Å². The van der Waals surface area contributed by atoms with Crippen molar-refractivity contribution in [2.75, 3.05) is 25.3 Å². The molecule has 3 aliphatic rings. The van der Waals surface area contributed by atoms with Gasteiger partial charge in [0.1, 0.15) is 28.7 Å². The molecule has 6 atom stereocenters. The van der Waals surface area contributed by atoms with Gasteiger partial charge in [-0.25, -0.2) is 0 Å². The number of benzene rings is 1. The van der Waals surface area contributed by atoms with E-state index >= 15 is 0 Å². The summed E-state index contributed by atoms with van der Waals surface area (Å²) in [5, 5.41) is 58.5. The van der Waals surface area contributed by atoms with E-state index in [2.05, 4.69) is 5.32 Å². The number of nitrogens with two attached hydrogens (primary N) is 1. The van der Waals surface area contributed by atoms with E-state index in [0.717, 1.165) is 0 Å². The Morgan fingerprint density at radius 2 is 1.79 bits per heavy atom. The van der Waals surface area contributed by atoms with Crippen molar-refractivity contribution < 1.29 is 44.7 Å². The fraction of sp³-hybridized carbons (Fsp3) is 0.417. The summed E-state index contributed by atoms with van der Waals surface area (Å²) in [4.78, 5) is 52.1. The molecule has 0 aromatic heterocycles. The maximum atomic E-state index is 13.9. The van der Waals surface area contributed by atoms with Gasteiger partial charge < -0.3 is 36.6 Å². The Kier molecular flexibility index (Phi) is 7.63. The highest BCUT2D eigenvalue weighted by atomic mass is 35.5. The van der Waals surface area contributed by atoms with Crippen LogP contribution >= 0.6 is 24.0 Å². The molecule has 0 spiro atoms. The smallest absolute Gasteiger partial charge is 0.255 e. The largest absolute Gasteiger partial charge is 0.508 e. The number of anilines is 1. The van der Waals surface area contributed by atoms with Gasteiger partial charge in [-0.2, -0.15) is 0 Å². The number of ketones is 2. The van der Waals surface area contributed by atoms with Crippen molar-refractivity contribution in [2.24, 2.45) is 17.6 Å². The van der Waals surface area contributed by atoms with Crippen molar-refractivity contribution in [1.82, 2.24) is 4.90 Å². The lowest BCUT2D eigenvalue weighted by atomic mass is 9.54. The fourth-order valence-corrected chi connectivity index (χ4v) is 5.97. The minimum atomic E-state index is -3.00. The zero-order chi connectivity index (χ0) is 27.7. The standard InChI is InChI=1S/C24H26ClN3O9.ClH/c1-7-8-4-5-9(27-10(29)6-25)17(30)12(8)18(31)13-11(7)19(32)15-16(28(2)3)20(33)14(23(26)36)22(35)24(15,37)21(13)34;/h4-5,7,11,15-16,19,30-32,35,37H,6H2,1-3H3,(H2,26,36)(H,27,29);1H/t7?,11?,15?,16-,19?,24-;/m0./s1. The predicted molar refractivity (Wildman–Crippen MR) is 137 cm³/mol. The Labute approximate surface area is 227 Å². The molecular weight excluding hydrogens is 545 g/mol. The number of fused-ring (bicyclic) bond motifs is 3. The Bertz CT molecular complexity index is 1330. The summed E-state index contributed by atoms with van der Waals surface area (Å²) >= 11 is 5.51. The van der Waals surface area contributed by atoms with Crippen LogP contribution in [-0.4, -0.2) is 91.5 Å². The van der Waals surface area contributed by atoms with E-state index in [-0.39, 0.29) is 23.7 Å². The number of nitrogens with zero attached hydrogens (tertiary/aromatic N) is 1. The first kappa shape index (κ1) is 29.4. The second kappa shape index (κ2) is 9.86. The molecule has 4 unspecified atom stereocenters. The van der Waals surface area contributed by atoms with Gasteiger partial charge in [0, 0.05) is 11.5 Å². The average molecular weight is 572 g/mol. The third-order valence-electron chi connectivity index (χ3n) is 7.52. The maximum Gasteiger partial charge on any atom is 0.255 e. The van der Waals surface area contributed by atoms with Crippen LogP contribution in [0.15, 0.2) is 29.0 Å². The summed E-state index contributed by atoms with van der Waals surface area (Å²) in [5.41, 5.74) is 0.738. The number of hydrogen-bond acceptors (Lipinski definition) is 10. The first-order valence-electron chi connectivity index (χ1n) is 11.3. The number of primary amides is 1. The molecule has 1 fully saturated rings. The molecule has 38 heavy (non-hydrogen) atoms. The highest BCUT2D eigenvalue weighted by molar-refractivity contribution is 6.29. The third-order valence-corrected chi connectivity index (χ3v) is 7.77. The lowest BCUT2D eigenvalue weighted by molar-refractivity contribution is -0.169. The number of aliphatic hydroxyl groups is 4. The van der Waals surface area contributed by atoms with Crippen LogP contribution in [0.4, 0.5) is 5.69 Å². The van der Waals surface area contributed by atoms with E-state index in [1.807, 2.05) is 0 Å². The van der Waals surface area contributed by atoms with Crippen molar-refractivity contribution in [3.8, 4) is 5.75 Å². The lowest BCUT2D eigenvalue weighted by Crippen LogP contribution is -2.70. The summed E-state index contributed by atoms with van der Waals surface area (Å²) in [7, 11) is 2.86. The molecule has 8 N–H and O–H groups in total. The van der Waals surface area contributed by atoms with E-state index < -0.39 is 93.2 Å². The number of carbonyl (C=O) groups is 4. The molecule has 0 heterocycles. The Hall–Kier alpha value is -3.16. The number of amides is 2. The summed E-state index contributed by atoms with van der Waals surface area (Å²) in [6, 6.07) is 1.41. The average Bonchev–Trinajstić information content (AvgIpc) is 2.82. The van der Waals surface area contributed by atoms with Crippen LogP contribution in [0.2, 0.25) is 0 Å². The molecule has 1 saturated carbocycles. The summed E-state index contributed by atoms with van der Waals surface area (Å²) in [6.45, 7) is 1.60. The number of hydrogen-bond donors (Lipinski definition) is 7. The van der Waals surface area contributed by atoms with E-state index in [0.29, 0.717) is 5.56 Å². The number of phenols is 1. The van der Waals surface area contributed by atoms with Gasteiger partial charge in [-0.1, -0.05) is 13.0 Å². The number of aromatic hydroxyl groups is 1. The number of alkyl halides is 1. The molecule has 1 aromatic carbocycles. The predicted octanol–water partition coefficient (Wildman–Crippen LogP) is 0.0949. The van der Waals surface area contributed by atoms with Gasteiger partial charge in [-0.3, -0.25) is 24.1 Å². The zero-order valence-electron chi connectivity index (χ0n) is 20.4. The Morgan fingerprint density at radius 1 is 1.18 bits per heavy atom. The molecule has 3 aliphatic carbocycles. The van der Waals surface area contributed by atoms with Crippen LogP contribution < -0.4 is 11.1 Å². The molecule has 4 rings (SSSR count). The van der Waals surface area contributed by atoms with Gasteiger partial charge in [0.15, 0.2) is 11.4 Å². The SMILES string of the molecule is CC1c2ccc(NC(=O)CCl)c(O)c2C(O)=C2C(=O)[C@]3(O)C(O)=C(C(N)=O)C(=O)[C@@H](N(C)C)C3C(O)C21.Cl. The maximum absolute atomic E-state index is 13.9. The monoisotopic (exact) mass is 571 g/mol. The highest BCUT2D eigenvalue weighted by Crippen LogP contribution is 2.56. The van der Waals surface area contributed by atoms with Crippen molar-refractivity contribution in [2.45, 2.75) is 30.6 Å². The number of nitrogens with one attached hydrogen (secondary N) is 1. The fourth-order valence-electron chi connectivity index (χ4n) is 5.90. The van der Waals surface area contributed by atoms with Gasteiger partial charge in [0.25, 0.3) is 5.91 Å². The number of phenolic OH excluding ortho intramolecular Hbond substituents is 1. The topological polar surface area (TPSA) is 211 Å². The number of rotatable bonds is 4.